The molecule has 1 aromatic heterocycles. The summed E-state index contributed by atoms with van der Waals surface area (Å²) in [5, 5.41) is 2.98. The zero-order chi connectivity index (χ0) is 14.1. The van der Waals surface area contributed by atoms with E-state index < -0.39 is 5.91 Å². The third kappa shape index (κ3) is 2.67. The van der Waals surface area contributed by atoms with E-state index in [0.717, 1.165) is 18.1 Å². The molecular weight excluding hydrogens is 280 g/mol. The Morgan fingerprint density at radius 2 is 2.40 bits per heavy atom. The summed E-state index contributed by atoms with van der Waals surface area (Å²) in [7, 11) is 0. The number of carbonyl (C=O) groups excluding carboxylic acids is 2. The molecule has 20 heavy (non-hydrogen) atoms. The van der Waals surface area contributed by atoms with E-state index >= 15 is 0 Å². The average molecular weight is 296 g/mol. The number of morpholine rings is 1. The second kappa shape index (κ2) is 5.47. The van der Waals surface area contributed by atoms with Gasteiger partial charge in [0, 0.05) is 24.7 Å². The van der Waals surface area contributed by atoms with Crippen LogP contribution >= 0.6 is 11.3 Å². The van der Waals surface area contributed by atoms with Crippen molar-refractivity contribution in [1.82, 2.24) is 14.8 Å². The van der Waals surface area contributed by atoms with Crippen molar-refractivity contribution in [2.75, 3.05) is 26.2 Å². The number of nitrogens with zero attached hydrogens (tertiary/aromatic N) is 3. The number of likely N-dealkylation sites (tertiary alicyclic amines) is 1. The second-order valence-corrected chi connectivity index (χ2v) is 6.00. The summed E-state index contributed by atoms with van der Waals surface area (Å²) in [6.07, 6.45) is 1.73. The maximum absolute atomic E-state index is 11.9. The Labute approximate surface area is 120 Å². The molecule has 2 amide bonds. The van der Waals surface area contributed by atoms with Crippen LogP contribution in [-0.4, -0.2) is 65.0 Å². The molecule has 3 heterocycles. The molecule has 1 aromatic rings. The van der Waals surface area contributed by atoms with Gasteiger partial charge in [-0.25, -0.2) is 4.98 Å². The molecule has 7 nitrogen and oxygen atoms in total. The lowest BCUT2D eigenvalue weighted by Gasteiger charge is -2.35. The number of rotatable bonds is 4. The van der Waals surface area contributed by atoms with E-state index in [-0.39, 0.29) is 31.2 Å². The van der Waals surface area contributed by atoms with Gasteiger partial charge in [0.1, 0.15) is 11.6 Å². The fraction of sp³-hybridized carbons (Fsp3) is 0.583. The molecule has 0 radical (unpaired) electrons. The molecule has 0 bridgehead atoms. The van der Waals surface area contributed by atoms with Crippen molar-refractivity contribution in [2.24, 2.45) is 5.73 Å². The highest BCUT2D eigenvalue weighted by Crippen LogP contribution is 2.24. The van der Waals surface area contributed by atoms with Crippen molar-refractivity contribution in [1.29, 1.82) is 0 Å². The van der Waals surface area contributed by atoms with Gasteiger partial charge in [-0.05, 0) is 0 Å². The number of carbonyl (C=O) groups is 2. The van der Waals surface area contributed by atoms with Crippen LogP contribution in [0, 0.1) is 0 Å². The minimum absolute atomic E-state index is 0.0273. The van der Waals surface area contributed by atoms with Gasteiger partial charge in [-0.15, -0.1) is 11.3 Å². The predicted octanol–water partition coefficient (Wildman–Crippen LogP) is -0.960. The quantitative estimate of drug-likeness (QED) is 0.773. The number of hydrogen-bond donors (Lipinski definition) is 1. The van der Waals surface area contributed by atoms with Gasteiger partial charge in [0.05, 0.1) is 25.2 Å². The first-order chi connectivity index (χ1) is 9.63. The molecule has 8 heteroatoms. The number of fused-ring (bicyclic) bond motifs is 1. The number of ether oxygens (including phenoxy) is 1. The second-order valence-electron chi connectivity index (χ2n) is 5.02. The van der Waals surface area contributed by atoms with Crippen LogP contribution in [0.2, 0.25) is 0 Å². The molecule has 0 unspecified atom stereocenters. The molecule has 0 saturated carbocycles. The smallest absolute Gasteiger partial charge is 0.249 e. The summed E-state index contributed by atoms with van der Waals surface area (Å²) in [6, 6.07) is -0.0938. The van der Waals surface area contributed by atoms with Crippen LogP contribution in [0.4, 0.5) is 0 Å². The first kappa shape index (κ1) is 13.5. The third-order valence-electron chi connectivity index (χ3n) is 3.62. The van der Waals surface area contributed by atoms with Crippen molar-refractivity contribution >= 4 is 23.2 Å². The van der Waals surface area contributed by atoms with Crippen molar-refractivity contribution in [2.45, 2.75) is 18.7 Å². The molecule has 2 atom stereocenters. The molecule has 0 spiro atoms. The van der Waals surface area contributed by atoms with Crippen LogP contribution in [0.15, 0.2) is 11.6 Å². The zero-order valence-electron chi connectivity index (χ0n) is 10.9. The van der Waals surface area contributed by atoms with E-state index in [4.69, 9.17) is 10.5 Å². The lowest BCUT2D eigenvalue weighted by atomic mass is 10.1. The van der Waals surface area contributed by atoms with Crippen molar-refractivity contribution in [3.8, 4) is 0 Å². The number of aromatic nitrogens is 1. The predicted molar refractivity (Wildman–Crippen MR) is 71.8 cm³/mol. The Balaban J connectivity index is 1.68. The molecular formula is C12H16N4O3S. The summed E-state index contributed by atoms with van der Waals surface area (Å²) >= 11 is 1.61. The highest BCUT2D eigenvalue weighted by molar-refractivity contribution is 7.09. The summed E-state index contributed by atoms with van der Waals surface area (Å²) in [5.74, 6) is -0.654. The number of thiazole rings is 1. The van der Waals surface area contributed by atoms with E-state index in [0.29, 0.717) is 6.54 Å². The van der Waals surface area contributed by atoms with Crippen molar-refractivity contribution in [3.05, 3.63) is 16.6 Å². The Hall–Kier alpha value is -1.51. The molecule has 0 aliphatic carbocycles. The van der Waals surface area contributed by atoms with Crippen LogP contribution in [0.25, 0.3) is 0 Å². The van der Waals surface area contributed by atoms with E-state index in [2.05, 4.69) is 9.88 Å². The maximum atomic E-state index is 11.9. The zero-order valence-corrected chi connectivity index (χ0v) is 11.7. The summed E-state index contributed by atoms with van der Waals surface area (Å²) < 4.78 is 5.57. The fourth-order valence-corrected chi connectivity index (χ4v) is 3.42. The molecule has 2 aliphatic rings. The van der Waals surface area contributed by atoms with Gasteiger partial charge in [-0.2, -0.15) is 0 Å². The van der Waals surface area contributed by atoms with Crippen molar-refractivity contribution in [3.63, 3.8) is 0 Å². The van der Waals surface area contributed by atoms with E-state index in [1.54, 1.807) is 22.4 Å². The van der Waals surface area contributed by atoms with Crippen LogP contribution in [-0.2, 0) is 20.9 Å². The topological polar surface area (TPSA) is 88.8 Å². The molecule has 3 rings (SSSR count). The summed E-state index contributed by atoms with van der Waals surface area (Å²) in [6.45, 7) is 2.16. The van der Waals surface area contributed by atoms with Gasteiger partial charge >= 0.3 is 0 Å². The van der Waals surface area contributed by atoms with E-state index in [9.17, 15) is 9.59 Å². The van der Waals surface area contributed by atoms with Crippen LogP contribution in [0.5, 0.6) is 0 Å². The SMILES string of the molecule is NC(=O)CN1C(=O)CO[C@H]2CN(Cc3nccs3)C[C@H]21. The minimum atomic E-state index is -0.489. The van der Waals surface area contributed by atoms with Gasteiger partial charge in [0.25, 0.3) is 0 Å². The van der Waals surface area contributed by atoms with E-state index in [1.807, 2.05) is 5.38 Å². The van der Waals surface area contributed by atoms with Crippen LogP contribution in [0.1, 0.15) is 5.01 Å². The Bertz CT molecular complexity index is 507. The highest BCUT2D eigenvalue weighted by atomic mass is 32.1. The lowest BCUT2D eigenvalue weighted by Crippen LogP contribution is -2.56. The van der Waals surface area contributed by atoms with Crippen LogP contribution in [0.3, 0.4) is 0 Å². The van der Waals surface area contributed by atoms with E-state index in [1.165, 1.54) is 0 Å². The molecule has 2 saturated heterocycles. The number of primary amides is 1. The van der Waals surface area contributed by atoms with Gasteiger partial charge in [-0.3, -0.25) is 14.5 Å². The van der Waals surface area contributed by atoms with Crippen molar-refractivity contribution < 1.29 is 14.3 Å². The third-order valence-corrected chi connectivity index (χ3v) is 4.39. The Morgan fingerprint density at radius 1 is 1.55 bits per heavy atom. The Kier molecular flexibility index (Phi) is 3.68. The maximum Gasteiger partial charge on any atom is 0.249 e. The van der Waals surface area contributed by atoms with Crippen LogP contribution < -0.4 is 5.73 Å². The van der Waals surface area contributed by atoms with Gasteiger partial charge < -0.3 is 15.4 Å². The van der Waals surface area contributed by atoms with Gasteiger partial charge in [0.2, 0.25) is 11.8 Å². The monoisotopic (exact) mass is 296 g/mol. The molecule has 2 aliphatic heterocycles. The number of nitrogens with two attached hydrogens (primary N) is 1. The molecule has 0 aromatic carbocycles. The lowest BCUT2D eigenvalue weighted by molar-refractivity contribution is -0.155. The fourth-order valence-electron chi connectivity index (χ4n) is 2.77. The standard InChI is InChI=1S/C12H16N4O3S/c13-10(17)5-16-8-3-15(6-11-14-1-2-20-11)4-9(8)19-7-12(16)18/h1-2,8-9H,3-7H2,(H2,13,17)/t8-,9+/m1/s1. The summed E-state index contributed by atoms with van der Waals surface area (Å²) in [5.41, 5.74) is 5.22. The first-order valence-electron chi connectivity index (χ1n) is 6.43. The largest absolute Gasteiger partial charge is 0.368 e. The Morgan fingerprint density at radius 3 is 3.10 bits per heavy atom. The minimum Gasteiger partial charge on any atom is -0.368 e. The van der Waals surface area contributed by atoms with Gasteiger partial charge in [0.15, 0.2) is 0 Å². The molecule has 2 N–H and O–H groups in total. The number of hydrogen-bond acceptors (Lipinski definition) is 6. The van der Waals surface area contributed by atoms with Gasteiger partial charge in [-0.1, -0.05) is 0 Å². The normalized spacial score (nSPS) is 26.8. The highest BCUT2D eigenvalue weighted by Gasteiger charge is 2.43. The number of amides is 2. The molecule has 108 valence electrons. The summed E-state index contributed by atoms with van der Waals surface area (Å²) in [4.78, 5) is 31.0. The molecule has 2 fully saturated rings. The first-order valence-corrected chi connectivity index (χ1v) is 7.31. The average Bonchev–Trinajstić information content (AvgIpc) is 3.02.